The maximum absolute atomic E-state index is 12.7. The molecule has 0 fully saturated rings. The molecule has 0 heterocycles. The number of aryl methyl sites for hydroxylation is 1. The molecule has 0 N–H and O–H groups in total. The highest BCUT2D eigenvalue weighted by Gasteiger charge is 2.28. The summed E-state index contributed by atoms with van der Waals surface area (Å²) in [6, 6.07) is 1.40. The van der Waals surface area contributed by atoms with Crippen LogP contribution < -0.4 is 5.46 Å². The Bertz CT molecular complexity index is 334. The fourth-order valence-corrected chi connectivity index (χ4v) is 1.25. The molecular formula is C7H5BClF4-. The first-order valence-electron chi connectivity index (χ1n) is 3.48. The van der Waals surface area contributed by atoms with Gasteiger partial charge in [-0.25, -0.2) is 4.39 Å². The predicted octanol–water partition coefficient (Wildman–Crippen LogP) is 2.84. The van der Waals surface area contributed by atoms with Crippen LogP contribution in [0.4, 0.5) is 17.3 Å². The molecule has 72 valence electrons. The van der Waals surface area contributed by atoms with Crippen molar-refractivity contribution >= 4 is 24.0 Å². The highest BCUT2D eigenvalue weighted by molar-refractivity contribution is 6.75. The molecule has 0 atom stereocenters. The van der Waals surface area contributed by atoms with Gasteiger partial charge < -0.3 is 12.9 Å². The van der Waals surface area contributed by atoms with E-state index in [1.165, 1.54) is 6.92 Å². The van der Waals surface area contributed by atoms with Gasteiger partial charge in [0, 0.05) is 5.02 Å². The largest absolute Gasteiger partial charge is 0.511 e. The Balaban J connectivity index is 3.32. The zero-order valence-corrected chi connectivity index (χ0v) is 7.38. The third-order valence-corrected chi connectivity index (χ3v) is 1.96. The van der Waals surface area contributed by atoms with Crippen molar-refractivity contribution in [1.29, 1.82) is 0 Å². The smallest absolute Gasteiger partial charge is 0.445 e. The molecule has 0 radical (unpaired) electrons. The summed E-state index contributed by atoms with van der Waals surface area (Å²) in [4.78, 5) is 0. The van der Waals surface area contributed by atoms with E-state index in [2.05, 4.69) is 0 Å². The molecule has 1 aromatic carbocycles. The summed E-state index contributed by atoms with van der Waals surface area (Å²) < 4.78 is 49.3. The Morgan fingerprint density at radius 1 is 1.23 bits per heavy atom. The van der Waals surface area contributed by atoms with E-state index in [4.69, 9.17) is 11.6 Å². The summed E-state index contributed by atoms with van der Waals surface area (Å²) in [5, 5.41) is -0.452. The normalized spacial score (nSPS) is 11.8. The first-order chi connectivity index (χ1) is 5.82. The molecule has 0 bridgehead atoms. The van der Waals surface area contributed by atoms with Crippen molar-refractivity contribution in [2.24, 2.45) is 0 Å². The van der Waals surface area contributed by atoms with Crippen LogP contribution in [0.25, 0.3) is 0 Å². The van der Waals surface area contributed by atoms with E-state index >= 15 is 0 Å². The minimum atomic E-state index is -5.23. The van der Waals surface area contributed by atoms with E-state index in [1.54, 1.807) is 0 Å². The van der Waals surface area contributed by atoms with Crippen LogP contribution in [0.3, 0.4) is 0 Å². The molecule has 0 aliphatic carbocycles. The number of benzene rings is 1. The van der Waals surface area contributed by atoms with Crippen LogP contribution in [-0.2, 0) is 0 Å². The lowest BCUT2D eigenvalue weighted by molar-refractivity contribution is 0.500. The highest BCUT2D eigenvalue weighted by Crippen LogP contribution is 2.19. The summed E-state index contributed by atoms with van der Waals surface area (Å²) in [5.74, 6) is -0.890. The van der Waals surface area contributed by atoms with Crippen molar-refractivity contribution in [2.45, 2.75) is 6.92 Å². The van der Waals surface area contributed by atoms with E-state index in [1.807, 2.05) is 0 Å². The molecule has 13 heavy (non-hydrogen) atoms. The van der Waals surface area contributed by atoms with E-state index in [0.717, 1.165) is 6.07 Å². The fourth-order valence-electron chi connectivity index (χ4n) is 0.913. The van der Waals surface area contributed by atoms with E-state index in [9.17, 15) is 17.3 Å². The maximum atomic E-state index is 12.7. The van der Waals surface area contributed by atoms with Gasteiger partial charge in [0.25, 0.3) is 0 Å². The number of halogens is 5. The van der Waals surface area contributed by atoms with Gasteiger partial charge in [0.1, 0.15) is 5.82 Å². The molecule has 6 heteroatoms. The summed E-state index contributed by atoms with van der Waals surface area (Å²) in [6.07, 6.45) is 0. The Kier molecular flexibility index (Phi) is 2.57. The molecule has 0 unspecified atom stereocenters. The molecule has 0 spiro atoms. The third kappa shape index (κ3) is 2.15. The Morgan fingerprint density at radius 2 is 1.77 bits per heavy atom. The Hall–Kier alpha value is -0.705. The van der Waals surface area contributed by atoms with Gasteiger partial charge in [0.2, 0.25) is 0 Å². The standard InChI is InChI=1S/C7H5BClF4/c1-4-2-6(9)5(3-7(4)10)8(11,12)13/h2-3H,1H3/q-1. The molecule has 1 rings (SSSR count). The molecule has 0 nitrogen and oxygen atoms in total. The molecule has 0 aliphatic rings. The zero-order valence-electron chi connectivity index (χ0n) is 6.62. The topological polar surface area (TPSA) is 0 Å². The number of hydrogen-bond acceptors (Lipinski definition) is 0. The second kappa shape index (κ2) is 3.22. The monoisotopic (exact) mass is 211 g/mol. The summed E-state index contributed by atoms with van der Waals surface area (Å²) in [7, 11) is 0. The lowest BCUT2D eigenvalue weighted by atomic mass is 9.79. The van der Waals surface area contributed by atoms with Crippen LogP contribution >= 0.6 is 11.6 Å². The number of rotatable bonds is 1. The third-order valence-electron chi connectivity index (χ3n) is 1.63. The highest BCUT2D eigenvalue weighted by atomic mass is 35.5. The van der Waals surface area contributed by atoms with Gasteiger partial charge in [0.15, 0.2) is 0 Å². The lowest BCUT2D eigenvalue weighted by Crippen LogP contribution is -2.35. The van der Waals surface area contributed by atoms with Gasteiger partial charge in [-0.15, -0.1) is 0 Å². The molecule has 0 saturated carbocycles. The van der Waals surface area contributed by atoms with E-state index < -0.39 is 23.3 Å². The van der Waals surface area contributed by atoms with Crippen LogP contribution in [-0.4, -0.2) is 6.98 Å². The van der Waals surface area contributed by atoms with Crippen molar-refractivity contribution in [1.82, 2.24) is 0 Å². The zero-order chi connectivity index (χ0) is 10.2. The van der Waals surface area contributed by atoms with E-state index in [-0.39, 0.29) is 5.56 Å². The molecule has 1 aromatic rings. The molecular weight excluding hydrogens is 206 g/mol. The summed E-state index contributed by atoms with van der Waals surface area (Å²) >= 11 is 5.32. The van der Waals surface area contributed by atoms with E-state index in [0.29, 0.717) is 6.07 Å². The fraction of sp³-hybridized carbons (Fsp3) is 0.143. The van der Waals surface area contributed by atoms with Gasteiger partial charge in [-0.1, -0.05) is 23.1 Å². The Labute approximate surface area is 77.6 Å². The van der Waals surface area contributed by atoms with Crippen LogP contribution in [0, 0.1) is 12.7 Å². The van der Waals surface area contributed by atoms with Crippen molar-refractivity contribution in [3.05, 3.63) is 28.5 Å². The summed E-state index contributed by atoms with van der Waals surface area (Å²) in [5.41, 5.74) is -0.974. The van der Waals surface area contributed by atoms with Crippen LogP contribution in [0.1, 0.15) is 5.56 Å². The molecule has 0 aliphatic heterocycles. The van der Waals surface area contributed by atoms with Crippen molar-refractivity contribution in [3.8, 4) is 0 Å². The van der Waals surface area contributed by atoms with Gasteiger partial charge in [-0.3, -0.25) is 0 Å². The lowest BCUT2D eigenvalue weighted by Gasteiger charge is -2.17. The van der Waals surface area contributed by atoms with Gasteiger partial charge in [-0.05, 0) is 18.6 Å². The van der Waals surface area contributed by atoms with Crippen LogP contribution in [0.15, 0.2) is 12.1 Å². The van der Waals surface area contributed by atoms with Crippen LogP contribution in [0.2, 0.25) is 5.02 Å². The second-order valence-electron chi connectivity index (χ2n) is 2.70. The number of hydrogen-bond donors (Lipinski definition) is 0. The minimum Gasteiger partial charge on any atom is -0.445 e. The van der Waals surface area contributed by atoms with Crippen LogP contribution in [0.5, 0.6) is 0 Å². The van der Waals surface area contributed by atoms with Gasteiger partial charge >= 0.3 is 6.98 Å². The second-order valence-corrected chi connectivity index (χ2v) is 3.10. The van der Waals surface area contributed by atoms with Crippen molar-refractivity contribution < 1.29 is 17.3 Å². The molecule has 0 saturated heterocycles. The first-order valence-corrected chi connectivity index (χ1v) is 3.85. The maximum Gasteiger partial charge on any atom is 0.511 e. The molecule has 0 aromatic heterocycles. The van der Waals surface area contributed by atoms with Gasteiger partial charge in [0.05, 0.1) is 0 Å². The predicted molar refractivity (Wildman–Crippen MR) is 44.9 cm³/mol. The first kappa shape index (κ1) is 10.4. The van der Waals surface area contributed by atoms with Crippen molar-refractivity contribution in [2.75, 3.05) is 0 Å². The average molecular weight is 211 g/mol. The molecule has 0 amide bonds. The van der Waals surface area contributed by atoms with Gasteiger partial charge in [-0.2, -0.15) is 0 Å². The Morgan fingerprint density at radius 3 is 2.23 bits per heavy atom. The SMILES string of the molecule is Cc1cc(Cl)c([B-](F)(F)F)cc1F. The quantitative estimate of drug-likeness (QED) is 0.495. The average Bonchev–Trinajstić information content (AvgIpc) is 1.94. The summed E-state index contributed by atoms with van der Waals surface area (Å²) in [6.45, 7) is -3.88. The van der Waals surface area contributed by atoms with Crippen molar-refractivity contribution in [3.63, 3.8) is 0 Å². The minimum absolute atomic E-state index is 0.105.